The van der Waals surface area contributed by atoms with Crippen molar-refractivity contribution in [1.82, 2.24) is 5.32 Å². The molecule has 1 heterocycles. The van der Waals surface area contributed by atoms with Crippen LogP contribution < -0.4 is 10.6 Å². The molecule has 1 fully saturated rings. The van der Waals surface area contributed by atoms with E-state index in [1.165, 1.54) is 24.3 Å². The molecule has 0 bridgehead atoms. The van der Waals surface area contributed by atoms with Crippen molar-refractivity contribution in [2.24, 2.45) is 0 Å². The quantitative estimate of drug-likeness (QED) is 0.283. The van der Waals surface area contributed by atoms with E-state index >= 15 is 0 Å². The average molecular weight is 343 g/mol. The molecule has 1 unspecified atom stereocenters. The Balaban J connectivity index is 2.06. The molecule has 1 saturated heterocycles. The Kier molecular flexibility index (Phi) is 5.64. The van der Waals surface area contributed by atoms with Crippen LogP contribution in [0, 0.1) is 10.1 Å². The Labute approximate surface area is 135 Å². The van der Waals surface area contributed by atoms with Crippen LogP contribution in [0.1, 0.15) is 0 Å². The Bertz CT molecular complexity index is 613. The smallest absolute Gasteiger partial charge is 0.319 e. The number of aliphatic hydroxyl groups is 4. The van der Waals surface area contributed by atoms with Gasteiger partial charge in [-0.25, -0.2) is 4.79 Å². The largest absolute Gasteiger partial charge is 0.394 e. The van der Waals surface area contributed by atoms with Gasteiger partial charge in [-0.05, 0) is 6.07 Å². The fraction of sp³-hybridized carbons (Fsp3) is 0.462. The van der Waals surface area contributed by atoms with Crippen LogP contribution in [0.15, 0.2) is 24.3 Å². The zero-order valence-electron chi connectivity index (χ0n) is 12.3. The Morgan fingerprint density at radius 2 is 1.92 bits per heavy atom. The molecule has 0 saturated carbocycles. The summed E-state index contributed by atoms with van der Waals surface area (Å²) in [6, 6.07) is 3.05. The number of amides is 2. The summed E-state index contributed by atoms with van der Waals surface area (Å²) >= 11 is 0. The van der Waals surface area contributed by atoms with Crippen molar-refractivity contribution < 1.29 is 34.9 Å². The summed E-state index contributed by atoms with van der Waals surface area (Å²) in [5.41, 5.74) is -0.427. The highest BCUT2D eigenvalue weighted by Gasteiger charge is 2.44. The molecule has 0 aliphatic carbocycles. The molecule has 11 heteroatoms. The van der Waals surface area contributed by atoms with Crippen molar-refractivity contribution >= 4 is 17.4 Å². The van der Waals surface area contributed by atoms with Crippen LogP contribution in [-0.2, 0) is 4.74 Å². The van der Waals surface area contributed by atoms with Crippen molar-refractivity contribution in [2.75, 3.05) is 11.9 Å². The third-order valence-electron chi connectivity index (χ3n) is 3.55. The fourth-order valence-electron chi connectivity index (χ4n) is 2.30. The van der Waals surface area contributed by atoms with Gasteiger partial charge < -0.3 is 35.8 Å². The monoisotopic (exact) mass is 343 g/mol. The van der Waals surface area contributed by atoms with Crippen molar-refractivity contribution in [3.8, 4) is 0 Å². The summed E-state index contributed by atoms with van der Waals surface area (Å²) in [5.74, 6) is 0. The third kappa shape index (κ3) is 3.77. The van der Waals surface area contributed by atoms with Crippen LogP contribution in [0.2, 0.25) is 0 Å². The Morgan fingerprint density at radius 3 is 2.54 bits per heavy atom. The predicted molar refractivity (Wildman–Crippen MR) is 79.0 cm³/mol. The van der Waals surface area contributed by atoms with Gasteiger partial charge >= 0.3 is 6.03 Å². The number of ether oxygens (including phenoxy) is 1. The Hall–Kier alpha value is -2.31. The lowest BCUT2D eigenvalue weighted by molar-refractivity contribution is -0.383. The number of benzene rings is 1. The van der Waals surface area contributed by atoms with E-state index in [9.17, 15) is 30.2 Å². The summed E-state index contributed by atoms with van der Waals surface area (Å²) in [6.07, 6.45) is -6.03. The van der Waals surface area contributed by atoms with Gasteiger partial charge in [0.1, 0.15) is 30.0 Å². The molecular weight excluding hydrogens is 326 g/mol. The first kappa shape index (κ1) is 18.0. The summed E-state index contributed by atoms with van der Waals surface area (Å²) in [7, 11) is 0. The number of aliphatic hydroxyl groups excluding tert-OH is 4. The molecule has 1 aliphatic heterocycles. The van der Waals surface area contributed by atoms with Crippen molar-refractivity contribution in [3.05, 3.63) is 34.4 Å². The van der Waals surface area contributed by atoms with E-state index in [4.69, 9.17) is 9.84 Å². The summed E-state index contributed by atoms with van der Waals surface area (Å²) in [6.45, 7) is -0.635. The van der Waals surface area contributed by atoms with Crippen molar-refractivity contribution in [2.45, 2.75) is 30.6 Å². The number of anilines is 1. The van der Waals surface area contributed by atoms with Gasteiger partial charge in [0.25, 0.3) is 5.69 Å². The molecule has 5 atom stereocenters. The highest BCUT2D eigenvalue weighted by atomic mass is 16.6. The lowest BCUT2D eigenvalue weighted by Crippen LogP contribution is -2.64. The predicted octanol–water partition coefficient (Wildman–Crippen LogP) is -1.48. The fourth-order valence-corrected chi connectivity index (χ4v) is 2.30. The van der Waals surface area contributed by atoms with E-state index in [1.54, 1.807) is 0 Å². The summed E-state index contributed by atoms with van der Waals surface area (Å²) < 4.78 is 4.89. The minimum Gasteiger partial charge on any atom is -0.394 e. The van der Waals surface area contributed by atoms with Gasteiger partial charge in [-0.2, -0.15) is 0 Å². The second kappa shape index (κ2) is 7.51. The molecule has 11 nitrogen and oxygen atoms in total. The molecule has 1 aromatic carbocycles. The van der Waals surface area contributed by atoms with Gasteiger partial charge in [0.05, 0.1) is 11.5 Å². The SMILES string of the molecule is O=C(Nc1ccccc1[N+](=O)[O-])N[C@H]1C(O)O[C@H](CO)[C@@H](O)[C@@H]1O. The van der Waals surface area contributed by atoms with E-state index in [2.05, 4.69) is 10.6 Å². The number of rotatable bonds is 4. The topological polar surface area (TPSA) is 174 Å². The maximum atomic E-state index is 12.0. The molecule has 6 N–H and O–H groups in total. The maximum absolute atomic E-state index is 12.0. The number of hydrogen-bond donors (Lipinski definition) is 6. The molecule has 2 rings (SSSR count). The third-order valence-corrected chi connectivity index (χ3v) is 3.55. The van der Waals surface area contributed by atoms with Crippen LogP contribution in [0.3, 0.4) is 0 Å². The second-order valence-electron chi connectivity index (χ2n) is 5.13. The minimum atomic E-state index is -1.68. The zero-order valence-corrected chi connectivity index (χ0v) is 12.3. The van der Waals surface area contributed by atoms with Gasteiger partial charge in [-0.3, -0.25) is 10.1 Å². The molecule has 2 amide bonds. The number of nitrogens with zero attached hydrogens (tertiary/aromatic N) is 1. The first-order valence-corrected chi connectivity index (χ1v) is 6.96. The number of carbonyl (C=O) groups excluding carboxylic acids is 1. The van der Waals surface area contributed by atoms with E-state index in [0.29, 0.717) is 0 Å². The van der Waals surface area contributed by atoms with E-state index in [0.717, 1.165) is 0 Å². The number of nitro groups is 1. The molecular formula is C13H17N3O8. The number of hydrogen-bond acceptors (Lipinski definition) is 8. The highest BCUT2D eigenvalue weighted by molar-refractivity contribution is 5.92. The summed E-state index contributed by atoms with van der Waals surface area (Å²) in [5, 5.41) is 53.7. The van der Waals surface area contributed by atoms with Gasteiger partial charge in [0.15, 0.2) is 6.29 Å². The van der Waals surface area contributed by atoms with E-state index in [1.807, 2.05) is 0 Å². The first-order valence-electron chi connectivity index (χ1n) is 6.96. The lowest BCUT2D eigenvalue weighted by Gasteiger charge is -2.40. The number of nitrogens with one attached hydrogen (secondary N) is 2. The molecule has 1 aromatic rings. The van der Waals surface area contributed by atoms with Crippen LogP contribution in [0.4, 0.5) is 16.2 Å². The molecule has 0 spiro atoms. The highest BCUT2D eigenvalue weighted by Crippen LogP contribution is 2.24. The van der Waals surface area contributed by atoms with Crippen molar-refractivity contribution in [3.63, 3.8) is 0 Å². The minimum absolute atomic E-state index is 0.0884. The molecule has 1 aliphatic rings. The second-order valence-corrected chi connectivity index (χ2v) is 5.13. The normalized spacial score (nSPS) is 29.8. The van der Waals surface area contributed by atoms with E-state index in [-0.39, 0.29) is 11.4 Å². The molecule has 0 radical (unpaired) electrons. The Morgan fingerprint density at radius 1 is 1.25 bits per heavy atom. The lowest BCUT2D eigenvalue weighted by atomic mass is 9.97. The first-order chi connectivity index (χ1) is 11.3. The van der Waals surface area contributed by atoms with Crippen LogP contribution in [0.5, 0.6) is 0 Å². The number of para-hydroxylation sites is 2. The van der Waals surface area contributed by atoms with Gasteiger partial charge in [0.2, 0.25) is 0 Å². The van der Waals surface area contributed by atoms with Gasteiger partial charge in [0, 0.05) is 6.07 Å². The van der Waals surface area contributed by atoms with Gasteiger partial charge in [-0.15, -0.1) is 0 Å². The summed E-state index contributed by atoms with van der Waals surface area (Å²) in [4.78, 5) is 22.2. The van der Waals surface area contributed by atoms with Crippen LogP contribution >= 0.6 is 0 Å². The average Bonchev–Trinajstić information content (AvgIpc) is 2.55. The van der Waals surface area contributed by atoms with Crippen LogP contribution in [-0.4, -0.2) is 68.6 Å². The zero-order chi connectivity index (χ0) is 17.9. The molecule has 24 heavy (non-hydrogen) atoms. The number of urea groups is 1. The number of nitro benzene ring substituents is 1. The van der Waals surface area contributed by atoms with E-state index < -0.39 is 48.2 Å². The molecule has 0 aromatic heterocycles. The van der Waals surface area contributed by atoms with Crippen molar-refractivity contribution in [1.29, 1.82) is 0 Å². The maximum Gasteiger partial charge on any atom is 0.319 e. The standard InChI is InChI=1S/C13H17N3O8/c17-5-8-10(18)11(19)9(12(20)24-8)15-13(21)14-6-3-1-2-4-7(6)16(22)23/h1-4,8-12,17-20H,5H2,(H2,14,15,21)/t8-,9-,10-,11-,12?/m1/s1. The van der Waals surface area contributed by atoms with Crippen LogP contribution in [0.25, 0.3) is 0 Å². The molecule has 132 valence electrons. The number of carbonyl (C=O) groups is 1. The van der Waals surface area contributed by atoms with Gasteiger partial charge in [-0.1, -0.05) is 12.1 Å².